The van der Waals surface area contributed by atoms with Gasteiger partial charge in [0.05, 0.1) is 5.69 Å². The summed E-state index contributed by atoms with van der Waals surface area (Å²) < 4.78 is 2.83. The van der Waals surface area contributed by atoms with Gasteiger partial charge in [-0.25, -0.2) is 0 Å². The molecule has 0 spiro atoms. The van der Waals surface area contributed by atoms with Crippen LogP contribution >= 0.6 is 15.9 Å². The number of benzene rings is 1. The standard InChI is InChI=1S/C13H17BrN4/c1-3-15-13(8-12-9-18(2)17-16-12)10-4-6-11(14)7-5-10/h4-7,9,13,15H,3,8H2,1-2H3. The molecule has 1 atom stereocenters. The maximum Gasteiger partial charge on any atom is 0.0845 e. The Kier molecular flexibility index (Phi) is 4.49. The van der Waals surface area contributed by atoms with E-state index in [2.05, 4.69) is 62.7 Å². The van der Waals surface area contributed by atoms with Gasteiger partial charge in [0.1, 0.15) is 0 Å². The van der Waals surface area contributed by atoms with E-state index in [4.69, 9.17) is 0 Å². The first-order valence-corrected chi connectivity index (χ1v) is 6.82. The molecule has 96 valence electrons. The number of nitrogens with zero attached hydrogens (tertiary/aromatic N) is 3. The van der Waals surface area contributed by atoms with Crippen LogP contribution in [0.1, 0.15) is 24.2 Å². The molecule has 5 heteroatoms. The number of hydrogen-bond acceptors (Lipinski definition) is 3. The Morgan fingerprint density at radius 2 is 2.06 bits per heavy atom. The van der Waals surface area contributed by atoms with Crippen molar-refractivity contribution in [2.45, 2.75) is 19.4 Å². The highest BCUT2D eigenvalue weighted by Gasteiger charge is 2.12. The second-order valence-corrected chi connectivity index (χ2v) is 5.17. The number of nitrogens with one attached hydrogen (secondary N) is 1. The van der Waals surface area contributed by atoms with E-state index in [1.54, 1.807) is 4.68 Å². The summed E-state index contributed by atoms with van der Waals surface area (Å²) in [5.41, 5.74) is 2.28. The normalized spacial score (nSPS) is 12.6. The van der Waals surface area contributed by atoms with Gasteiger partial charge >= 0.3 is 0 Å². The number of rotatable bonds is 5. The average molecular weight is 309 g/mol. The minimum absolute atomic E-state index is 0.278. The van der Waals surface area contributed by atoms with Gasteiger partial charge in [0, 0.05) is 30.2 Å². The van der Waals surface area contributed by atoms with Crippen LogP contribution in [0.5, 0.6) is 0 Å². The predicted octanol–water partition coefficient (Wildman–Crippen LogP) is 2.47. The molecular formula is C13H17BrN4. The van der Waals surface area contributed by atoms with Gasteiger partial charge in [-0.05, 0) is 24.2 Å². The summed E-state index contributed by atoms with van der Waals surface area (Å²) in [6, 6.07) is 8.67. The molecule has 4 nitrogen and oxygen atoms in total. The van der Waals surface area contributed by atoms with E-state index < -0.39 is 0 Å². The van der Waals surface area contributed by atoms with Gasteiger partial charge in [-0.1, -0.05) is 40.2 Å². The first-order chi connectivity index (χ1) is 8.69. The zero-order valence-corrected chi connectivity index (χ0v) is 12.2. The maximum atomic E-state index is 4.14. The van der Waals surface area contributed by atoms with E-state index in [-0.39, 0.29) is 6.04 Å². The zero-order valence-electron chi connectivity index (χ0n) is 10.6. The molecule has 0 saturated heterocycles. The predicted molar refractivity (Wildman–Crippen MR) is 75.3 cm³/mol. The summed E-state index contributed by atoms with van der Waals surface area (Å²) in [7, 11) is 1.89. The van der Waals surface area contributed by atoms with Gasteiger partial charge in [-0.15, -0.1) is 5.10 Å². The molecule has 0 bridgehead atoms. The zero-order chi connectivity index (χ0) is 13.0. The van der Waals surface area contributed by atoms with E-state index in [0.29, 0.717) is 0 Å². The van der Waals surface area contributed by atoms with E-state index in [1.165, 1.54) is 5.56 Å². The van der Waals surface area contributed by atoms with Gasteiger partial charge in [0.2, 0.25) is 0 Å². The van der Waals surface area contributed by atoms with E-state index in [9.17, 15) is 0 Å². The molecule has 1 N–H and O–H groups in total. The van der Waals surface area contributed by atoms with Crippen molar-refractivity contribution in [3.63, 3.8) is 0 Å². The third-order valence-electron chi connectivity index (χ3n) is 2.79. The molecule has 1 aromatic carbocycles. The number of likely N-dealkylation sites (N-methyl/N-ethyl adjacent to an activating group) is 1. The van der Waals surface area contributed by atoms with Gasteiger partial charge < -0.3 is 5.32 Å². The molecule has 0 aliphatic rings. The largest absolute Gasteiger partial charge is 0.310 e. The van der Waals surface area contributed by atoms with E-state index in [1.807, 2.05) is 13.2 Å². The lowest BCUT2D eigenvalue weighted by Crippen LogP contribution is -2.23. The lowest BCUT2D eigenvalue weighted by molar-refractivity contribution is 0.543. The lowest BCUT2D eigenvalue weighted by atomic mass is 10.0. The van der Waals surface area contributed by atoms with Crippen molar-refractivity contribution in [3.8, 4) is 0 Å². The van der Waals surface area contributed by atoms with Crippen molar-refractivity contribution in [1.29, 1.82) is 0 Å². The van der Waals surface area contributed by atoms with E-state index >= 15 is 0 Å². The molecule has 0 saturated carbocycles. The van der Waals surface area contributed by atoms with Crippen LogP contribution in [-0.4, -0.2) is 21.5 Å². The Morgan fingerprint density at radius 3 is 2.61 bits per heavy atom. The molecule has 0 amide bonds. The van der Waals surface area contributed by atoms with Crippen molar-refractivity contribution in [1.82, 2.24) is 20.3 Å². The molecule has 1 heterocycles. The highest BCUT2D eigenvalue weighted by Crippen LogP contribution is 2.19. The summed E-state index contributed by atoms with van der Waals surface area (Å²) in [5, 5.41) is 11.6. The fraction of sp³-hybridized carbons (Fsp3) is 0.385. The topological polar surface area (TPSA) is 42.7 Å². The fourth-order valence-corrected chi connectivity index (χ4v) is 2.21. The molecule has 0 fully saturated rings. The van der Waals surface area contributed by atoms with Crippen molar-refractivity contribution in [3.05, 3.63) is 46.2 Å². The first-order valence-electron chi connectivity index (χ1n) is 6.03. The second kappa shape index (κ2) is 6.11. The maximum absolute atomic E-state index is 4.14. The molecule has 1 aromatic heterocycles. The molecule has 0 radical (unpaired) electrons. The molecule has 0 aliphatic heterocycles. The van der Waals surface area contributed by atoms with E-state index in [0.717, 1.165) is 23.1 Å². The van der Waals surface area contributed by atoms with Crippen LogP contribution in [0.15, 0.2) is 34.9 Å². The molecule has 2 rings (SSSR count). The van der Waals surface area contributed by atoms with Gasteiger partial charge in [-0.2, -0.15) is 0 Å². The van der Waals surface area contributed by atoms with Crippen molar-refractivity contribution in [2.75, 3.05) is 6.54 Å². The van der Waals surface area contributed by atoms with Crippen LogP contribution in [0.2, 0.25) is 0 Å². The van der Waals surface area contributed by atoms with Gasteiger partial charge in [0.15, 0.2) is 0 Å². The Bertz CT molecular complexity index is 492. The smallest absolute Gasteiger partial charge is 0.0845 e. The molecule has 2 aromatic rings. The minimum atomic E-state index is 0.278. The number of aromatic nitrogens is 3. The monoisotopic (exact) mass is 308 g/mol. The Labute approximate surface area is 116 Å². The SMILES string of the molecule is CCNC(Cc1cn(C)nn1)c1ccc(Br)cc1. The second-order valence-electron chi connectivity index (χ2n) is 4.25. The van der Waals surface area contributed by atoms with Crippen LogP contribution in [0.4, 0.5) is 0 Å². The van der Waals surface area contributed by atoms with Crippen molar-refractivity contribution < 1.29 is 0 Å². The number of halogens is 1. The van der Waals surface area contributed by atoms with Crippen LogP contribution in [0, 0.1) is 0 Å². The van der Waals surface area contributed by atoms with Crippen molar-refractivity contribution in [2.24, 2.45) is 7.05 Å². The number of aryl methyl sites for hydroxylation is 1. The molecule has 18 heavy (non-hydrogen) atoms. The molecule has 1 unspecified atom stereocenters. The van der Waals surface area contributed by atoms with Crippen LogP contribution in [0.25, 0.3) is 0 Å². The first kappa shape index (κ1) is 13.2. The Balaban J connectivity index is 2.14. The van der Waals surface area contributed by atoms with Crippen LogP contribution in [0.3, 0.4) is 0 Å². The summed E-state index contributed by atoms with van der Waals surface area (Å²) in [6.45, 7) is 3.05. The third-order valence-corrected chi connectivity index (χ3v) is 3.31. The average Bonchev–Trinajstić information content (AvgIpc) is 2.75. The highest BCUT2D eigenvalue weighted by atomic mass is 79.9. The highest BCUT2D eigenvalue weighted by molar-refractivity contribution is 9.10. The van der Waals surface area contributed by atoms with Gasteiger partial charge in [-0.3, -0.25) is 4.68 Å². The fourth-order valence-electron chi connectivity index (χ4n) is 1.95. The third kappa shape index (κ3) is 3.40. The summed E-state index contributed by atoms with van der Waals surface area (Å²) in [6.07, 6.45) is 2.81. The van der Waals surface area contributed by atoms with Crippen LogP contribution in [-0.2, 0) is 13.5 Å². The van der Waals surface area contributed by atoms with Crippen LogP contribution < -0.4 is 5.32 Å². The van der Waals surface area contributed by atoms with Gasteiger partial charge in [0.25, 0.3) is 0 Å². The lowest BCUT2D eigenvalue weighted by Gasteiger charge is -2.17. The van der Waals surface area contributed by atoms with Crippen molar-refractivity contribution >= 4 is 15.9 Å². The molecular weight excluding hydrogens is 292 g/mol. The molecule has 0 aliphatic carbocycles. The summed E-state index contributed by atoms with van der Waals surface area (Å²) in [5.74, 6) is 0. The number of hydrogen-bond donors (Lipinski definition) is 1. The Morgan fingerprint density at radius 1 is 1.33 bits per heavy atom. The Hall–Kier alpha value is -1.20. The summed E-state index contributed by atoms with van der Waals surface area (Å²) >= 11 is 3.46. The quantitative estimate of drug-likeness (QED) is 0.922. The summed E-state index contributed by atoms with van der Waals surface area (Å²) in [4.78, 5) is 0. The minimum Gasteiger partial charge on any atom is -0.310 e.